The molecule has 0 aromatic heterocycles. The molecule has 8 heteroatoms. The number of benzene rings is 3. The summed E-state index contributed by atoms with van der Waals surface area (Å²) < 4.78 is 4.92. The van der Waals surface area contributed by atoms with Crippen LogP contribution in [0.1, 0.15) is 40.7 Å². The lowest BCUT2D eigenvalue weighted by Crippen LogP contribution is -2.44. The Labute approximate surface area is 227 Å². The SMILES string of the molecule is COC(=O)[C@H](Cc1ccc(-c2ccccc2CN2CCCCC2C(=O)O)cc1)NC(=O)c1ccccc1Cl. The summed E-state index contributed by atoms with van der Waals surface area (Å²) >= 11 is 6.14. The van der Waals surface area contributed by atoms with E-state index >= 15 is 0 Å². The number of esters is 1. The van der Waals surface area contributed by atoms with E-state index in [1.165, 1.54) is 7.11 Å². The van der Waals surface area contributed by atoms with E-state index < -0.39 is 29.9 Å². The molecule has 198 valence electrons. The predicted octanol–water partition coefficient (Wildman–Crippen LogP) is 4.96. The van der Waals surface area contributed by atoms with Gasteiger partial charge in [0.2, 0.25) is 0 Å². The van der Waals surface area contributed by atoms with Crippen LogP contribution in [0.2, 0.25) is 5.02 Å². The molecule has 3 aromatic carbocycles. The van der Waals surface area contributed by atoms with Gasteiger partial charge in [-0.05, 0) is 53.8 Å². The Balaban J connectivity index is 1.50. The van der Waals surface area contributed by atoms with Crippen molar-refractivity contribution < 1.29 is 24.2 Å². The van der Waals surface area contributed by atoms with E-state index in [2.05, 4.69) is 5.32 Å². The minimum atomic E-state index is -0.881. The maximum absolute atomic E-state index is 12.7. The normalized spacial score (nSPS) is 16.4. The average molecular weight is 535 g/mol. The molecule has 0 spiro atoms. The first-order chi connectivity index (χ1) is 18.4. The number of likely N-dealkylation sites (tertiary alicyclic amines) is 1. The molecule has 1 saturated heterocycles. The fourth-order valence-corrected chi connectivity index (χ4v) is 5.11. The molecule has 1 aliphatic heterocycles. The number of aliphatic carboxylic acids is 1. The fourth-order valence-electron chi connectivity index (χ4n) is 4.89. The molecular formula is C30H31ClN2O5. The summed E-state index contributed by atoms with van der Waals surface area (Å²) in [6, 6.07) is 21.1. The number of carboxylic acid groups (broad SMARTS) is 1. The summed E-state index contributed by atoms with van der Waals surface area (Å²) in [5, 5.41) is 12.7. The van der Waals surface area contributed by atoms with Crippen molar-refractivity contribution in [2.24, 2.45) is 0 Å². The number of methoxy groups -OCH3 is 1. The van der Waals surface area contributed by atoms with E-state index in [-0.39, 0.29) is 12.0 Å². The lowest BCUT2D eigenvalue weighted by Gasteiger charge is -2.33. The van der Waals surface area contributed by atoms with E-state index in [9.17, 15) is 19.5 Å². The smallest absolute Gasteiger partial charge is 0.328 e. The Kier molecular flexibility index (Phi) is 9.15. The summed E-state index contributed by atoms with van der Waals surface area (Å²) in [5.74, 6) is -1.77. The minimum Gasteiger partial charge on any atom is -0.480 e. The largest absolute Gasteiger partial charge is 0.480 e. The number of amides is 1. The number of nitrogens with one attached hydrogen (secondary N) is 1. The molecule has 7 nitrogen and oxygen atoms in total. The molecule has 38 heavy (non-hydrogen) atoms. The van der Waals surface area contributed by atoms with Crippen molar-refractivity contribution in [3.63, 3.8) is 0 Å². The van der Waals surface area contributed by atoms with E-state index in [0.717, 1.165) is 41.6 Å². The lowest BCUT2D eigenvalue weighted by atomic mass is 9.95. The van der Waals surface area contributed by atoms with Crippen LogP contribution in [0, 0.1) is 0 Å². The van der Waals surface area contributed by atoms with Crippen LogP contribution in [-0.4, -0.2) is 53.6 Å². The van der Waals surface area contributed by atoms with Crippen LogP contribution >= 0.6 is 11.6 Å². The molecule has 0 bridgehead atoms. The van der Waals surface area contributed by atoms with Gasteiger partial charge in [0.15, 0.2) is 0 Å². The van der Waals surface area contributed by atoms with Crippen LogP contribution in [0.25, 0.3) is 11.1 Å². The first kappa shape index (κ1) is 27.4. The molecule has 1 aliphatic rings. The van der Waals surface area contributed by atoms with Crippen molar-refractivity contribution >= 4 is 29.4 Å². The third-order valence-corrected chi connectivity index (χ3v) is 7.23. The first-order valence-corrected chi connectivity index (χ1v) is 13.0. The maximum Gasteiger partial charge on any atom is 0.328 e. The van der Waals surface area contributed by atoms with Crippen molar-refractivity contribution in [3.8, 4) is 11.1 Å². The van der Waals surface area contributed by atoms with Crippen LogP contribution in [-0.2, 0) is 27.3 Å². The molecular weight excluding hydrogens is 504 g/mol. The van der Waals surface area contributed by atoms with Gasteiger partial charge in [-0.3, -0.25) is 14.5 Å². The van der Waals surface area contributed by atoms with E-state index in [4.69, 9.17) is 16.3 Å². The summed E-state index contributed by atoms with van der Waals surface area (Å²) in [4.78, 5) is 39.0. The summed E-state index contributed by atoms with van der Waals surface area (Å²) in [7, 11) is 1.29. The Hall–Kier alpha value is -3.68. The fraction of sp³-hybridized carbons (Fsp3) is 0.300. The number of piperidine rings is 1. The highest BCUT2D eigenvalue weighted by atomic mass is 35.5. The number of rotatable bonds is 9. The van der Waals surface area contributed by atoms with Crippen molar-refractivity contribution in [2.75, 3.05) is 13.7 Å². The zero-order chi connectivity index (χ0) is 27.1. The molecule has 2 N–H and O–H groups in total. The van der Waals surface area contributed by atoms with Gasteiger partial charge in [0.25, 0.3) is 5.91 Å². The van der Waals surface area contributed by atoms with Gasteiger partial charge in [-0.25, -0.2) is 4.79 Å². The van der Waals surface area contributed by atoms with Gasteiger partial charge in [-0.1, -0.05) is 78.7 Å². The average Bonchev–Trinajstić information content (AvgIpc) is 2.93. The zero-order valence-corrected chi connectivity index (χ0v) is 22.0. The third-order valence-electron chi connectivity index (χ3n) is 6.90. The van der Waals surface area contributed by atoms with Gasteiger partial charge in [-0.2, -0.15) is 0 Å². The predicted molar refractivity (Wildman–Crippen MR) is 146 cm³/mol. The third kappa shape index (κ3) is 6.60. The van der Waals surface area contributed by atoms with E-state index in [1.807, 2.05) is 53.4 Å². The Morgan fingerprint density at radius 1 is 1.03 bits per heavy atom. The molecule has 1 heterocycles. The van der Waals surface area contributed by atoms with E-state index in [1.54, 1.807) is 24.3 Å². The second kappa shape index (κ2) is 12.7. The minimum absolute atomic E-state index is 0.249. The summed E-state index contributed by atoms with van der Waals surface area (Å²) in [5.41, 5.74) is 4.22. The summed E-state index contributed by atoms with van der Waals surface area (Å²) in [6.45, 7) is 1.33. The molecule has 0 aliphatic carbocycles. The van der Waals surface area contributed by atoms with Crippen LogP contribution in [0.5, 0.6) is 0 Å². The number of carbonyl (C=O) groups is 3. The van der Waals surface area contributed by atoms with Gasteiger partial charge < -0.3 is 15.2 Å². The quantitative estimate of drug-likeness (QED) is 0.377. The summed E-state index contributed by atoms with van der Waals surface area (Å²) in [6.07, 6.45) is 2.84. The topological polar surface area (TPSA) is 95.9 Å². The number of ether oxygens (including phenoxy) is 1. The van der Waals surface area contributed by atoms with E-state index in [0.29, 0.717) is 18.0 Å². The van der Waals surface area contributed by atoms with Crippen LogP contribution in [0.3, 0.4) is 0 Å². The molecule has 1 amide bonds. The number of carboxylic acids is 1. The van der Waals surface area contributed by atoms with Crippen LogP contribution < -0.4 is 5.32 Å². The highest BCUT2D eigenvalue weighted by Crippen LogP contribution is 2.28. The molecule has 0 radical (unpaired) electrons. The van der Waals surface area contributed by atoms with Gasteiger partial charge in [0, 0.05) is 13.0 Å². The number of halogens is 1. The molecule has 3 aromatic rings. The van der Waals surface area contributed by atoms with Crippen molar-refractivity contribution in [1.29, 1.82) is 0 Å². The Morgan fingerprint density at radius 2 is 1.74 bits per heavy atom. The standard InChI is InChI=1S/C30H31ClN2O5/c1-38-30(37)26(32-28(34)24-10-4-5-11-25(24)31)18-20-13-15-21(16-14-20)23-9-3-2-8-22(23)19-33-17-7-6-12-27(33)29(35)36/h2-5,8-11,13-16,26-27H,6-7,12,17-19H2,1H3,(H,32,34)(H,35,36)/t26-,27?/m0/s1. The van der Waals surface area contributed by atoms with Crippen molar-refractivity contribution in [2.45, 2.75) is 44.3 Å². The molecule has 2 atom stereocenters. The molecule has 1 fully saturated rings. The Morgan fingerprint density at radius 3 is 2.45 bits per heavy atom. The van der Waals surface area contributed by atoms with Crippen LogP contribution in [0.4, 0.5) is 0 Å². The van der Waals surface area contributed by atoms with Gasteiger partial charge >= 0.3 is 11.9 Å². The Bertz CT molecular complexity index is 1290. The lowest BCUT2D eigenvalue weighted by molar-refractivity contribution is -0.145. The highest BCUT2D eigenvalue weighted by Gasteiger charge is 2.29. The molecule has 0 saturated carbocycles. The first-order valence-electron chi connectivity index (χ1n) is 12.6. The molecule has 1 unspecified atom stereocenters. The van der Waals surface area contributed by atoms with Crippen LogP contribution in [0.15, 0.2) is 72.8 Å². The van der Waals surface area contributed by atoms with Crippen molar-refractivity contribution in [1.82, 2.24) is 10.2 Å². The van der Waals surface area contributed by atoms with Gasteiger partial charge in [0.05, 0.1) is 17.7 Å². The highest BCUT2D eigenvalue weighted by molar-refractivity contribution is 6.33. The number of carbonyl (C=O) groups excluding carboxylic acids is 2. The number of hydrogen-bond donors (Lipinski definition) is 2. The second-order valence-electron chi connectivity index (χ2n) is 9.41. The monoisotopic (exact) mass is 534 g/mol. The van der Waals surface area contributed by atoms with Gasteiger partial charge in [0.1, 0.15) is 12.1 Å². The zero-order valence-electron chi connectivity index (χ0n) is 21.2. The molecule has 4 rings (SSSR count). The maximum atomic E-state index is 12.7. The van der Waals surface area contributed by atoms with Gasteiger partial charge in [-0.15, -0.1) is 0 Å². The number of hydrogen-bond acceptors (Lipinski definition) is 5. The number of nitrogens with zero attached hydrogens (tertiary/aromatic N) is 1. The van der Waals surface area contributed by atoms with Crippen molar-refractivity contribution in [3.05, 3.63) is 94.5 Å². The second-order valence-corrected chi connectivity index (χ2v) is 9.81.